The van der Waals surface area contributed by atoms with Gasteiger partial charge in [0.05, 0.1) is 0 Å². The molecular weight excluding hydrogens is 177 g/mol. The smallest absolute Gasteiger partial charge is 0.111 e. The van der Waals surface area contributed by atoms with Gasteiger partial charge in [0, 0.05) is 5.54 Å². The van der Waals surface area contributed by atoms with Gasteiger partial charge in [0.15, 0.2) is 0 Å². The van der Waals surface area contributed by atoms with Crippen LogP contribution in [0.3, 0.4) is 0 Å². The Morgan fingerprint density at radius 3 is 2.14 bits per heavy atom. The van der Waals surface area contributed by atoms with Crippen molar-refractivity contribution in [2.24, 2.45) is 5.73 Å². The number of hydrogen-bond acceptors (Lipinski definition) is 1. The quantitative estimate of drug-likeness (QED) is 0.738. The van der Waals surface area contributed by atoms with Crippen LogP contribution in [0, 0.1) is 0 Å². The van der Waals surface area contributed by atoms with Gasteiger partial charge in [-0.25, -0.2) is 4.39 Å². The molecule has 0 saturated heterocycles. The normalized spacial score (nSPS) is 28.7. The van der Waals surface area contributed by atoms with Gasteiger partial charge in [-0.2, -0.15) is 0 Å². The van der Waals surface area contributed by atoms with Crippen molar-refractivity contribution in [3.63, 3.8) is 0 Å². The molecule has 0 spiro atoms. The minimum atomic E-state index is -0.830. The first-order chi connectivity index (χ1) is 6.62. The van der Waals surface area contributed by atoms with E-state index in [0.29, 0.717) is 0 Å². The molecule has 0 unspecified atom stereocenters. The van der Waals surface area contributed by atoms with Crippen LogP contribution in [0.25, 0.3) is 0 Å². The Hall–Kier alpha value is -0.110. The molecule has 0 bridgehead atoms. The van der Waals surface area contributed by atoms with E-state index in [1.807, 2.05) is 0 Å². The Bertz CT molecular complexity index is 192. The van der Waals surface area contributed by atoms with E-state index in [0.717, 1.165) is 57.8 Å². The van der Waals surface area contributed by atoms with E-state index in [1.54, 1.807) is 0 Å². The first kappa shape index (κ1) is 10.4. The van der Waals surface area contributed by atoms with Gasteiger partial charge in [0.25, 0.3) is 0 Å². The van der Waals surface area contributed by atoms with Crippen LogP contribution in [-0.2, 0) is 0 Å². The van der Waals surface area contributed by atoms with E-state index in [4.69, 9.17) is 5.73 Å². The lowest BCUT2D eigenvalue weighted by Crippen LogP contribution is -2.28. The fraction of sp³-hybridized carbons (Fsp3) is 1.00. The van der Waals surface area contributed by atoms with E-state index in [-0.39, 0.29) is 5.54 Å². The van der Waals surface area contributed by atoms with E-state index in [9.17, 15) is 4.39 Å². The van der Waals surface area contributed by atoms with Crippen molar-refractivity contribution in [3.8, 4) is 0 Å². The van der Waals surface area contributed by atoms with Crippen molar-refractivity contribution in [2.75, 3.05) is 0 Å². The first-order valence-corrected chi connectivity index (χ1v) is 6.10. The lowest BCUT2D eigenvalue weighted by molar-refractivity contribution is 0.0922. The number of halogens is 1. The Kier molecular flexibility index (Phi) is 2.83. The van der Waals surface area contributed by atoms with Crippen LogP contribution < -0.4 is 5.73 Å². The van der Waals surface area contributed by atoms with Crippen molar-refractivity contribution < 1.29 is 4.39 Å². The molecule has 82 valence electrons. The van der Waals surface area contributed by atoms with Gasteiger partial charge < -0.3 is 5.73 Å². The average Bonchev–Trinajstić information content (AvgIpc) is 2.85. The highest BCUT2D eigenvalue weighted by atomic mass is 19.1. The minimum absolute atomic E-state index is 0.116. The SMILES string of the molecule is NC1(CCCC2(F)CCCCC2)CC1. The Balaban J connectivity index is 1.67. The molecule has 0 radical (unpaired) electrons. The monoisotopic (exact) mass is 199 g/mol. The van der Waals surface area contributed by atoms with Crippen molar-refractivity contribution in [1.29, 1.82) is 0 Å². The fourth-order valence-corrected chi connectivity index (χ4v) is 2.60. The predicted molar refractivity (Wildman–Crippen MR) is 56.9 cm³/mol. The van der Waals surface area contributed by atoms with Crippen LogP contribution in [0.15, 0.2) is 0 Å². The topological polar surface area (TPSA) is 26.0 Å². The second-order valence-electron chi connectivity index (χ2n) is 5.43. The number of hydrogen-bond donors (Lipinski definition) is 1. The highest BCUT2D eigenvalue weighted by Crippen LogP contribution is 2.40. The lowest BCUT2D eigenvalue weighted by Gasteiger charge is -2.29. The molecule has 2 N–H and O–H groups in total. The summed E-state index contributed by atoms with van der Waals surface area (Å²) >= 11 is 0. The van der Waals surface area contributed by atoms with Crippen molar-refractivity contribution in [2.45, 2.75) is 75.4 Å². The Morgan fingerprint density at radius 1 is 0.929 bits per heavy atom. The minimum Gasteiger partial charge on any atom is -0.325 e. The van der Waals surface area contributed by atoms with Crippen LogP contribution in [0.4, 0.5) is 4.39 Å². The number of nitrogens with two attached hydrogens (primary N) is 1. The molecule has 2 fully saturated rings. The van der Waals surface area contributed by atoms with Crippen LogP contribution in [0.5, 0.6) is 0 Å². The molecule has 2 saturated carbocycles. The molecule has 0 aromatic heterocycles. The Morgan fingerprint density at radius 2 is 1.57 bits per heavy atom. The third-order valence-corrected chi connectivity index (χ3v) is 3.94. The maximum atomic E-state index is 14.1. The molecule has 0 atom stereocenters. The molecule has 0 heterocycles. The van der Waals surface area contributed by atoms with Crippen LogP contribution in [0.2, 0.25) is 0 Å². The predicted octanol–water partition coefficient (Wildman–Crippen LogP) is 3.32. The molecule has 0 aliphatic heterocycles. The molecule has 1 nitrogen and oxygen atoms in total. The van der Waals surface area contributed by atoms with E-state index >= 15 is 0 Å². The standard InChI is InChI=1S/C12H22FN/c13-11(5-2-1-3-6-11)7-4-8-12(14)9-10-12/h1-10,14H2. The zero-order valence-electron chi connectivity index (χ0n) is 9.03. The molecule has 0 amide bonds. The largest absolute Gasteiger partial charge is 0.325 e. The van der Waals surface area contributed by atoms with Crippen LogP contribution in [0.1, 0.15) is 64.2 Å². The first-order valence-electron chi connectivity index (χ1n) is 6.10. The summed E-state index contributed by atoms with van der Waals surface area (Å²) in [5, 5.41) is 0. The second kappa shape index (κ2) is 3.80. The van der Waals surface area contributed by atoms with Gasteiger partial charge in [0.1, 0.15) is 5.67 Å². The van der Waals surface area contributed by atoms with Crippen LogP contribution >= 0.6 is 0 Å². The molecule has 2 rings (SSSR count). The fourth-order valence-electron chi connectivity index (χ4n) is 2.60. The van der Waals surface area contributed by atoms with Crippen molar-refractivity contribution >= 4 is 0 Å². The number of alkyl halides is 1. The molecule has 2 aliphatic carbocycles. The molecule has 2 heteroatoms. The van der Waals surface area contributed by atoms with E-state index in [2.05, 4.69) is 0 Å². The highest BCUT2D eigenvalue weighted by molar-refractivity contribution is 4.98. The summed E-state index contributed by atoms with van der Waals surface area (Å²) in [4.78, 5) is 0. The molecule has 0 aromatic rings. The number of rotatable bonds is 4. The summed E-state index contributed by atoms with van der Waals surface area (Å²) in [6.07, 6.45) is 10.1. The lowest BCUT2D eigenvalue weighted by atomic mass is 9.82. The van der Waals surface area contributed by atoms with Gasteiger partial charge in [-0.3, -0.25) is 0 Å². The van der Waals surface area contributed by atoms with Gasteiger partial charge >= 0.3 is 0 Å². The van der Waals surface area contributed by atoms with E-state index < -0.39 is 5.67 Å². The maximum Gasteiger partial charge on any atom is 0.111 e. The van der Waals surface area contributed by atoms with Gasteiger partial charge in [-0.05, 0) is 44.9 Å². The maximum absolute atomic E-state index is 14.1. The third kappa shape index (κ3) is 2.69. The van der Waals surface area contributed by atoms with Gasteiger partial charge in [-0.15, -0.1) is 0 Å². The summed E-state index contributed by atoms with van der Waals surface area (Å²) in [6, 6.07) is 0. The second-order valence-corrected chi connectivity index (χ2v) is 5.43. The molecular formula is C12H22FN. The average molecular weight is 199 g/mol. The van der Waals surface area contributed by atoms with Gasteiger partial charge in [0.2, 0.25) is 0 Å². The highest BCUT2D eigenvalue weighted by Gasteiger charge is 2.38. The van der Waals surface area contributed by atoms with Crippen molar-refractivity contribution in [3.05, 3.63) is 0 Å². The van der Waals surface area contributed by atoms with Crippen molar-refractivity contribution in [1.82, 2.24) is 0 Å². The third-order valence-electron chi connectivity index (χ3n) is 3.94. The molecule has 2 aliphatic rings. The summed E-state index contributed by atoms with van der Waals surface area (Å²) < 4.78 is 14.1. The van der Waals surface area contributed by atoms with Crippen LogP contribution in [-0.4, -0.2) is 11.2 Å². The summed E-state index contributed by atoms with van der Waals surface area (Å²) in [6.45, 7) is 0. The summed E-state index contributed by atoms with van der Waals surface area (Å²) in [7, 11) is 0. The summed E-state index contributed by atoms with van der Waals surface area (Å²) in [5.74, 6) is 0. The van der Waals surface area contributed by atoms with E-state index in [1.165, 1.54) is 6.42 Å². The Labute approximate surface area is 86.2 Å². The van der Waals surface area contributed by atoms with Gasteiger partial charge in [-0.1, -0.05) is 19.3 Å². The zero-order chi connectivity index (χ0) is 10.1. The molecule has 0 aromatic carbocycles. The zero-order valence-corrected chi connectivity index (χ0v) is 9.03. The molecule has 14 heavy (non-hydrogen) atoms. The summed E-state index contributed by atoms with van der Waals surface area (Å²) in [5.41, 5.74) is 5.27.